The number of amides is 1. The molecule has 1 saturated heterocycles. The quantitative estimate of drug-likeness (QED) is 0.871. The maximum absolute atomic E-state index is 12.8. The van der Waals surface area contributed by atoms with E-state index in [9.17, 15) is 4.79 Å². The molecule has 0 saturated carbocycles. The van der Waals surface area contributed by atoms with Gasteiger partial charge < -0.3 is 9.80 Å². The van der Waals surface area contributed by atoms with Crippen LogP contribution in [0.4, 0.5) is 11.6 Å². The second-order valence-corrected chi connectivity index (χ2v) is 6.55. The fourth-order valence-electron chi connectivity index (χ4n) is 3.33. The van der Waals surface area contributed by atoms with Crippen LogP contribution < -0.4 is 9.80 Å². The Morgan fingerprint density at radius 3 is 2.25 bits per heavy atom. The summed E-state index contributed by atoms with van der Waals surface area (Å²) in [7, 11) is 1.88. The van der Waals surface area contributed by atoms with Crippen LogP contribution in [0.2, 0.25) is 0 Å². The smallest absolute Gasteiger partial charge is 0.229 e. The van der Waals surface area contributed by atoms with E-state index in [1.165, 1.54) is 11.1 Å². The van der Waals surface area contributed by atoms with Gasteiger partial charge in [0.05, 0.1) is 0 Å². The summed E-state index contributed by atoms with van der Waals surface area (Å²) >= 11 is 0. The van der Waals surface area contributed by atoms with E-state index in [2.05, 4.69) is 46.9 Å². The Kier molecular flexibility index (Phi) is 4.79. The topological polar surface area (TPSA) is 49.3 Å². The third kappa shape index (κ3) is 3.55. The van der Waals surface area contributed by atoms with Crippen LogP contribution in [0, 0.1) is 19.8 Å². The first-order valence-electron chi connectivity index (χ1n) is 8.42. The minimum absolute atomic E-state index is 0.0655. The van der Waals surface area contributed by atoms with E-state index in [1.54, 1.807) is 17.3 Å². The van der Waals surface area contributed by atoms with Gasteiger partial charge >= 0.3 is 0 Å². The molecule has 1 aromatic carbocycles. The van der Waals surface area contributed by atoms with Gasteiger partial charge in [-0.05, 0) is 56.0 Å². The summed E-state index contributed by atoms with van der Waals surface area (Å²) in [5.74, 6) is 1.02. The third-order valence-electron chi connectivity index (χ3n) is 4.60. The predicted octanol–water partition coefficient (Wildman–Crippen LogP) is 2.97. The molecule has 1 fully saturated rings. The van der Waals surface area contributed by atoms with Crippen LogP contribution >= 0.6 is 0 Å². The molecule has 5 nitrogen and oxygen atoms in total. The van der Waals surface area contributed by atoms with Crippen LogP contribution in [-0.2, 0) is 4.79 Å². The van der Waals surface area contributed by atoms with Gasteiger partial charge in [-0.3, -0.25) is 4.79 Å². The number of carbonyl (C=O) groups is 1. The SMILES string of the molecule is Cc1cc(C)cc(N(C)C(=O)C2CCN(c3ncccn3)CC2)c1. The van der Waals surface area contributed by atoms with Gasteiger partial charge in [-0.1, -0.05) is 6.07 Å². The van der Waals surface area contributed by atoms with Gasteiger partial charge in [0, 0.05) is 44.1 Å². The van der Waals surface area contributed by atoms with E-state index in [0.29, 0.717) is 0 Å². The van der Waals surface area contributed by atoms with E-state index in [-0.39, 0.29) is 11.8 Å². The highest BCUT2D eigenvalue weighted by Crippen LogP contribution is 2.25. The lowest BCUT2D eigenvalue weighted by Crippen LogP contribution is -2.42. The van der Waals surface area contributed by atoms with Crippen molar-refractivity contribution < 1.29 is 4.79 Å². The van der Waals surface area contributed by atoms with Crippen LogP contribution in [0.15, 0.2) is 36.7 Å². The van der Waals surface area contributed by atoms with Gasteiger partial charge in [-0.2, -0.15) is 0 Å². The highest BCUT2D eigenvalue weighted by atomic mass is 16.2. The minimum Gasteiger partial charge on any atom is -0.341 e. The summed E-state index contributed by atoms with van der Waals surface area (Å²) in [4.78, 5) is 25.4. The van der Waals surface area contributed by atoms with E-state index >= 15 is 0 Å². The van der Waals surface area contributed by atoms with Crippen LogP contribution in [0.3, 0.4) is 0 Å². The first-order chi connectivity index (χ1) is 11.5. The molecule has 1 aliphatic heterocycles. The van der Waals surface area contributed by atoms with Crippen molar-refractivity contribution in [2.45, 2.75) is 26.7 Å². The number of aryl methyl sites for hydroxylation is 2. The van der Waals surface area contributed by atoms with Gasteiger partial charge in [0.15, 0.2) is 0 Å². The lowest BCUT2D eigenvalue weighted by molar-refractivity contribution is -0.122. The normalized spacial score (nSPS) is 15.4. The van der Waals surface area contributed by atoms with E-state index < -0.39 is 0 Å². The number of piperidine rings is 1. The monoisotopic (exact) mass is 324 g/mol. The van der Waals surface area contributed by atoms with Gasteiger partial charge in [0.1, 0.15) is 0 Å². The van der Waals surface area contributed by atoms with Crippen molar-refractivity contribution in [2.24, 2.45) is 5.92 Å². The molecule has 0 spiro atoms. The number of hydrogen-bond acceptors (Lipinski definition) is 4. The molecule has 0 atom stereocenters. The average molecular weight is 324 g/mol. The molecule has 0 unspecified atom stereocenters. The Morgan fingerprint density at radius 1 is 1.08 bits per heavy atom. The molecule has 1 aromatic heterocycles. The number of rotatable bonds is 3. The summed E-state index contributed by atoms with van der Waals surface area (Å²) in [6.07, 6.45) is 5.19. The molecule has 2 aromatic rings. The van der Waals surface area contributed by atoms with Gasteiger partial charge in [0.2, 0.25) is 11.9 Å². The van der Waals surface area contributed by atoms with Gasteiger partial charge in [0.25, 0.3) is 0 Å². The molecular formula is C19H24N4O. The Bertz CT molecular complexity index is 688. The summed E-state index contributed by atoms with van der Waals surface area (Å²) in [5.41, 5.74) is 3.34. The van der Waals surface area contributed by atoms with Crippen molar-refractivity contribution in [3.05, 3.63) is 47.8 Å². The highest BCUT2D eigenvalue weighted by molar-refractivity contribution is 5.94. The molecule has 2 heterocycles. The van der Waals surface area contributed by atoms with Crippen LogP contribution in [0.25, 0.3) is 0 Å². The summed E-state index contributed by atoms with van der Waals surface area (Å²) in [5, 5.41) is 0. The van der Waals surface area contributed by atoms with Crippen molar-refractivity contribution in [2.75, 3.05) is 29.9 Å². The molecule has 1 amide bonds. The number of aromatic nitrogens is 2. The standard InChI is InChI=1S/C19H24N4O/c1-14-11-15(2)13-17(12-14)22(3)18(24)16-5-9-23(10-6-16)19-20-7-4-8-21-19/h4,7-8,11-13,16H,5-6,9-10H2,1-3H3. The fourth-order valence-corrected chi connectivity index (χ4v) is 3.33. The molecule has 1 aliphatic rings. The lowest BCUT2D eigenvalue weighted by Gasteiger charge is -2.33. The Hall–Kier alpha value is -2.43. The van der Waals surface area contributed by atoms with Crippen LogP contribution in [0.5, 0.6) is 0 Å². The van der Waals surface area contributed by atoms with E-state index in [1.807, 2.05) is 13.1 Å². The molecule has 5 heteroatoms. The molecule has 0 radical (unpaired) electrons. The molecule has 0 bridgehead atoms. The first kappa shape index (κ1) is 16.4. The number of nitrogens with zero attached hydrogens (tertiary/aromatic N) is 4. The lowest BCUT2D eigenvalue weighted by atomic mass is 9.95. The third-order valence-corrected chi connectivity index (χ3v) is 4.60. The second-order valence-electron chi connectivity index (χ2n) is 6.55. The largest absolute Gasteiger partial charge is 0.341 e. The Labute approximate surface area is 143 Å². The van der Waals surface area contributed by atoms with Crippen molar-refractivity contribution in [3.63, 3.8) is 0 Å². The van der Waals surface area contributed by atoms with Crippen LogP contribution in [0.1, 0.15) is 24.0 Å². The van der Waals surface area contributed by atoms with E-state index in [0.717, 1.165) is 37.6 Å². The predicted molar refractivity (Wildman–Crippen MR) is 96.3 cm³/mol. The highest BCUT2D eigenvalue weighted by Gasteiger charge is 2.28. The Morgan fingerprint density at radius 2 is 1.67 bits per heavy atom. The van der Waals surface area contributed by atoms with Crippen molar-refractivity contribution in [1.82, 2.24) is 9.97 Å². The summed E-state index contributed by atoms with van der Waals surface area (Å²) < 4.78 is 0. The Balaban J connectivity index is 1.64. The molecule has 0 aliphatic carbocycles. The van der Waals surface area contributed by atoms with Gasteiger partial charge in [-0.15, -0.1) is 0 Å². The molecule has 126 valence electrons. The average Bonchev–Trinajstić information content (AvgIpc) is 2.60. The van der Waals surface area contributed by atoms with Crippen LogP contribution in [-0.4, -0.2) is 36.0 Å². The molecule has 0 N–H and O–H groups in total. The minimum atomic E-state index is 0.0655. The van der Waals surface area contributed by atoms with E-state index in [4.69, 9.17) is 0 Å². The van der Waals surface area contributed by atoms with Crippen molar-refractivity contribution >= 4 is 17.5 Å². The van der Waals surface area contributed by atoms with Crippen molar-refractivity contribution in [3.8, 4) is 0 Å². The van der Waals surface area contributed by atoms with Gasteiger partial charge in [-0.25, -0.2) is 9.97 Å². The summed E-state index contributed by atoms with van der Waals surface area (Å²) in [6.45, 7) is 5.77. The second kappa shape index (κ2) is 6.99. The number of benzene rings is 1. The zero-order valence-corrected chi connectivity index (χ0v) is 14.6. The number of hydrogen-bond donors (Lipinski definition) is 0. The molecule has 3 rings (SSSR count). The molecule has 24 heavy (non-hydrogen) atoms. The number of anilines is 2. The molecular weight excluding hydrogens is 300 g/mol. The maximum Gasteiger partial charge on any atom is 0.229 e. The number of carbonyl (C=O) groups excluding carboxylic acids is 1. The summed E-state index contributed by atoms with van der Waals surface area (Å²) in [6, 6.07) is 8.08. The maximum atomic E-state index is 12.8. The fraction of sp³-hybridized carbons (Fsp3) is 0.421. The zero-order valence-electron chi connectivity index (χ0n) is 14.6. The first-order valence-corrected chi connectivity index (χ1v) is 8.42. The van der Waals surface area contributed by atoms with Crippen molar-refractivity contribution in [1.29, 1.82) is 0 Å². The zero-order chi connectivity index (χ0) is 17.1.